The lowest BCUT2D eigenvalue weighted by Gasteiger charge is -2.11. The Morgan fingerprint density at radius 3 is 2.71 bits per heavy atom. The Kier molecular flexibility index (Phi) is 4.61. The van der Waals surface area contributed by atoms with Gasteiger partial charge < -0.3 is 5.32 Å². The predicted octanol–water partition coefficient (Wildman–Crippen LogP) is 3.09. The largest absolute Gasteiger partial charge is 0.332 e. The first-order valence-electron chi connectivity index (χ1n) is 5.89. The minimum absolute atomic E-state index is 0.00705. The number of nitrogens with one attached hydrogen (secondary N) is 2. The normalized spacial score (nSPS) is 9.95. The summed E-state index contributed by atoms with van der Waals surface area (Å²) in [4.78, 5) is 22.8. The van der Waals surface area contributed by atoms with Gasteiger partial charge in [-0.05, 0) is 36.7 Å². The van der Waals surface area contributed by atoms with Crippen molar-refractivity contribution in [2.24, 2.45) is 0 Å². The summed E-state index contributed by atoms with van der Waals surface area (Å²) in [6, 6.07) is 8.07. The van der Waals surface area contributed by atoms with Crippen molar-refractivity contribution < 1.29 is 9.72 Å². The topological polar surface area (TPSA) is 84.3 Å². The highest BCUT2D eigenvalue weighted by Crippen LogP contribution is 2.24. The predicted molar refractivity (Wildman–Crippen MR) is 85.8 cm³/mol. The number of hydrogen-bond donors (Lipinski definition) is 2. The molecule has 1 amide bonds. The Morgan fingerprint density at radius 1 is 1.33 bits per heavy atom. The molecule has 0 saturated carbocycles. The molecule has 6 nitrogen and oxygen atoms in total. The molecule has 2 rings (SSSR count). The van der Waals surface area contributed by atoms with Crippen LogP contribution in [-0.2, 0) is 0 Å². The molecule has 1 aromatic carbocycles. The van der Waals surface area contributed by atoms with E-state index in [1.807, 2.05) is 0 Å². The molecule has 0 atom stereocenters. The fraction of sp³-hybridized carbons (Fsp3) is 0.0769. The van der Waals surface area contributed by atoms with Gasteiger partial charge in [-0.2, -0.15) is 0 Å². The maximum absolute atomic E-state index is 11.8. The van der Waals surface area contributed by atoms with Gasteiger partial charge >= 0.3 is 0 Å². The number of thiocarbonyl (C=S) groups is 1. The van der Waals surface area contributed by atoms with Gasteiger partial charge in [-0.25, -0.2) is 0 Å². The van der Waals surface area contributed by atoms with E-state index in [-0.39, 0.29) is 16.7 Å². The summed E-state index contributed by atoms with van der Waals surface area (Å²) in [5.74, 6) is -0.314. The minimum atomic E-state index is -0.464. The monoisotopic (exact) mass is 321 g/mol. The molecule has 21 heavy (non-hydrogen) atoms. The standard InChI is InChI=1S/C13H11N3O3S2/c1-8-9(4-2-5-10(8)16(18)19)14-13(20)15-12(17)11-6-3-7-21-11/h2-7H,1H3,(H2,14,15,17,20). The quantitative estimate of drug-likeness (QED) is 0.515. The molecule has 0 spiro atoms. The Labute approximate surface area is 129 Å². The number of rotatable bonds is 3. The highest BCUT2D eigenvalue weighted by atomic mass is 32.1. The van der Waals surface area contributed by atoms with E-state index in [1.54, 1.807) is 36.6 Å². The number of amides is 1. The fourth-order valence-electron chi connectivity index (χ4n) is 1.68. The van der Waals surface area contributed by atoms with E-state index in [0.29, 0.717) is 16.1 Å². The van der Waals surface area contributed by atoms with Crippen molar-refractivity contribution in [3.8, 4) is 0 Å². The van der Waals surface area contributed by atoms with Crippen molar-refractivity contribution in [1.29, 1.82) is 0 Å². The zero-order chi connectivity index (χ0) is 15.4. The molecular formula is C13H11N3O3S2. The summed E-state index contributed by atoms with van der Waals surface area (Å²) in [5, 5.41) is 18.1. The maximum atomic E-state index is 11.8. The van der Waals surface area contributed by atoms with Gasteiger partial charge in [-0.1, -0.05) is 12.1 Å². The van der Waals surface area contributed by atoms with Gasteiger partial charge in [-0.3, -0.25) is 20.2 Å². The van der Waals surface area contributed by atoms with Crippen LogP contribution in [0.4, 0.5) is 11.4 Å². The van der Waals surface area contributed by atoms with Crippen molar-refractivity contribution in [3.05, 3.63) is 56.3 Å². The van der Waals surface area contributed by atoms with Crippen LogP contribution in [0.1, 0.15) is 15.2 Å². The first-order chi connectivity index (χ1) is 9.99. The average Bonchev–Trinajstić information content (AvgIpc) is 2.94. The summed E-state index contributed by atoms with van der Waals surface area (Å²) >= 11 is 6.35. The minimum Gasteiger partial charge on any atom is -0.332 e. The zero-order valence-electron chi connectivity index (χ0n) is 11.0. The van der Waals surface area contributed by atoms with Crippen LogP contribution in [-0.4, -0.2) is 15.9 Å². The molecule has 8 heteroatoms. The Bertz CT molecular complexity index is 699. The number of thiophene rings is 1. The molecular weight excluding hydrogens is 310 g/mol. The Balaban J connectivity index is 2.08. The van der Waals surface area contributed by atoms with Gasteiger partial charge in [0.2, 0.25) is 0 Å². The van der Waals surface area contributed by atoms with Crippen LogP contribution in [0.3, 0.4) is 0 Å². The van der Waals surface area contributed by atoms with E-state index in [4.69, 9.17) is 12.2 Å². The van der Waals surface area contributed by atoms with Crippen LogP contribution in [0.5, 0.6) is 0 Å². The second kappa shape index (κ2) is 6.42. The second-order valence-electron chi connectivity index (χ2n) is 4.09. The Hall–Kier alpha value is -2.32. The first-order valence-corrected chi connectivity index (χ1v) is 7.17. The average molecular weight is 321 g/mol. The summed E-state index contributed by atoms with van der Waals surface area (Å²) < 4.78 is 0. The fourth-order valence-corrected chi connectivity index (χ4v) is 2.50. The molecule has 2 aromatic rings. The van der Waals surface area contributed by atoms with Gasteiger partial charge in [0.1, 0.15) is 0 Å². The number of nitro benzene ring substituents is 1. The van der Waals surface area contributed by atoms with E-state index >= 15 is 0 Å². The number of anilines is 1. The number of nitro groups is 1. The number of nitrogens with zero attached hydrogens (tertiary/aromatic N) is 1. The van der Waals surface area contributed by atoms with Crippen LogP contribution >= 0.6 is 23.6 Å². The van der Waals surface area contributed by atoms with Crippen molar-refractivity contribution in [2.45, 2.75) is 6.92 Å². The number of carbonyl (C=O) groups is 1. The smallest absolute Gasteiger partial charge is 0.274 e. The first kappa shape index (κ1) is 15.1. The molecule has 2 N–H and O–H groups in total. The van der Waals surface area contributed by atoms with Crippen molar-refractivity contribution in [2.75, 3.05) is 5.32 Å². The van der Waals surface area contributed by atoms with E-state index in [2.05, 4.69) is 10.6 Å². The molecule has 1 heterocycles. The SMILES string of the molecule is Cc1c(NC(=S)NC(=O)c2cccs2)cccc1[N+](=O)[O-]. The number of benzene rings is 1. The van der Waals surface area contributed by atoms with Gasteiger partial charge in [0.25, 0.3) is 11.6 Å². The van der Waals surface area contributed by atoms with Crippen LogP contribution < -0.4 is 10.6 Å². The summed E-state index contributed by atoms with van der Waals surface area (Å²) in [6.07, 6.45) is 0. The molecule has 0 bridgehead atoms. The molecule has 108 valence electrons. The molecule has 0 aliphatic rings. The summed E-state index contributed by atoms with van der Waals surface area (Å²) in [5.41, 5.74) is 0.934. The van der Waals surface area contributed by atoms with E-state index < -0.39 is 4.92 Å². The van der Waals surface area contributed by atoms with Crippen LogP contribution in [0.2, 0.25) is 0 Å². The lowest BCUT2D eigenvalue weighted by atomic mass is 10.1. The number of hydrogen-bond acceptors (Lipinski definition) is 5. The van der Waals surface area contributed by atoms with E-state index in [9.17, 15) is 14.9 Å². The lowest BCUT2D eigenvalue weighted by Crippen LogP contribution is -2.33. The third-order valence-corrected chi connectivity index (χ3v) is 3.79. The molecule has 0 saturated heterocycles. The van der Waals surface area contributed by atoms with Crippen molar-refractivity contribution in [1.82, 2.24) is 5.32 Å². The molecule has 0 aliphatic heterocycles. The molecule has 0 fully saturated rings. The highest BCUT2D eigenvalue weighted by Gasteiger charge is 2.15. The van der Waals surface area contributed by atoms with Gasteiger partial charge in [0, 0.05) is 6.07 Å². The van der Waals surface area contributed by atoms with Crippen LogP contribution in [0.25, 0.3) is 0 Å². The summed E-state index contributed by atoms with van der Waals surface area (Å²) in [7, 11) is 0. The van der Waals surface area contributed by atoms with Gasteiger partial charge in [0.05, 0.1) is 21.1 Å². The van der Waals surface area contributed by atoms with Crippen LogP contribution in [0, 0.1) is 17.0 Å². The van der Waals surface area contributed by atoms with Gasteiger partial charge in [-0.15, -0.1) is 11.3 Å². The summed E-state index contributed by atoms with van der Waals surface area (Å²) in [6.45, 7) is 1.62. The molecule has 0 unspecified atom stereocenters. The Morgan fingerprint density at radius 2 is 2.10 bits per heavy atom. The second-order valence-corrected chi connectivity index (χ2v) is 5.45. The van der Waals surface area contributed by atoms with E-state index in [1.165, 1.54) is 17.4 Å². The van der Waals surface area contributed by atoms with Crippen molar-refractivity contribution in [3.63, 3.8) is 0 Å². The number of carbonyl (C=O) groups excluding carboxylic acids is 1. The van der Waals surface area contributed by atoms with Gasteiger partial charge in [0.15, 0.2) is 5.11 Å². The zero-order valence-corrected chi connectivity index (χ0v) is 12.6. The molecule has 0 radical (unpaired) electrons. The van der Waals surface area contributed by atoms with Crippen LogP contribution in [0.15, 0.2) is 35.7 Å². The third-order valence-electron chi connectivity index (χ3n) is 2.72. The van der Waals surface area contributed by atoms with E-state index in [0.717, 1.165) is 0 Å². The molecule has 1 aromatic heterocycles. The third kappa shape index (κ3) is 3.61. The maximum Gasteiger partial charge on any atom is 0.274 e. The van der Waals surface area contributed by atoms with Crippen molar-refractivity contribution >= 4 is 45.9 Å². The lowest BCUT2D eigenvalue weighted by molar-refractivity contribution is -0.385. The molecule has 0 aliphatic carbocycles. The highest BCUT2D eigenvalue weighted by molar-refractivity contribution is 7.80.